The van der Waals surface area contributed by atoms with Gasteiger partial charge in [-0.3, -0.25) is 4.98 Å². The lowest BCUT2D eigenvalue weighted by Gasteiger charge is -2.13. The maximum absolute atomic E-state index is 5.98. The van der Waals surface area contributed by atoms with Gasteiger partial charge in [-0.15, -0.1) is 0 Å². The molecular weight excluding hydrogens is 196 g/mol. The minimum Gasteiger partial charge on any atom is -0.383 e. The van der Waals surface area contributed by atoms with Crippen LogP contribution in [0.1, 0.15) is 19.8 Å². The quantitative estimate of drug-likeness (QED) is 0.826. The van der Waals surface area contributed by atoms with Crippen molar-refractivity contribution in [2.75, 3.05) is 11.9 Å². The van der Waals surface area contributed by atoms with Gasteiger partial charge in [0.2, 0.25) is 0 Å². The smallest absolute Gasteiger partial charge is 0.0820 e. The highest BCUT2D eigenvalue weighted by Gasteiger charge is 2.27. The molecule has 76 valence electrons. The van der Waals surface area contributed by atoms with Gasteiger partial charge < -0.3 is 5.32 Å². The van der Waals surface area contributed by atoms with Crippen LogP contribution in [0, 0.1) is 11.8 Å². The van der Waals surface area contributed by atoms with Crippen LogP contribution in [0.15, 0.2) is 18.5 Å². The van der Waals surface area contributed by atoms with Crippen molar-refractivity contribution in [3.05, 3.63) is 23.5 Å². The Bertz CT molecular complexity index is 310. The molecule has 0 aromatic carbocycles. The topological polar surface area (TPSA) is 24.9 Å². The van der Waals surface area contributed by atoms with Crippen molar-refractivity contribution < 1.29 is 0 Å². The van der Waals surface area contributed by atoms with Crippen LogP contribution in [0.2, 0.25) is 5.02 Å². The molecule has 1 aromatic heterocycles. The lowest BCUT2D eigenvalue weighted by Crippen LogP contribution is -2.13. The van der Waals surface area contributed by atoms with Crippen LogP contribution in [-0.2, 0) is 0 Å². The Labute approximate surface area is 89.7 Å². The van der Waals surface area contributed by atoms with Crippen LogP contribution in [-0.4, -0.2) is 11.5 Å². The van der Waals surface area contributed by atoms with E-state index in [1.165, 1.54) is 12.8 Å². The number of anilines is 1. The number of rotatable bonds is 4. The summed E-state index contributed by atoms with van der Waals surface area (Å²) in [5, 5.41) is 4.07. The van der Waals surface area contributed by atoms with E-state index in [9.17, 15) is 0 Å². The molecule has 1 heterocycles. The zero-order valence-corrected chi connectivity index (χ0v) is 9.09. The molecule has 1 unspecified atom stereocenters. The van der Waals surface area contributed by atoms with E-state index in [2.05, 4.69) is 17.2 Å². The predicted octanol–water partition coefficient (Wildman–Crippen LogP) is 3.19. The van der Waals surface area contributed by atoms with Gasteiger partial charge in [0.15, 0.2) is 0 Å². The molecule has 1 fully saturated rings. The number of pyridine rings is 1. The number of nitrogens with zero attached hydrogens (tertiary/aromatic N) is 1. The minimum absolute atomic E-state index is 0.704. The van der Waals surface area contributed by atoms with Crippen molar-refractivity contribution >= 4 is 17.3 Å². The maximum Gasteiger partial charge on any atom is 0.0820 e. The molecule has 3 heteroatoms. The fourth-order valence-electron chi connectivity index (χ4n) is 1.62. The summed E-state index contributed by atoms with van der Waals surface area (Å²) in [6.07, 6.45) is 6.22. The highest BCUT2D eigenvalue weighted by atomic mass is 35.5. The first kappa shape index (κ1) is 9.78. The van der Waals surface area contributed by atoms with E-state index in [1.807, 2.05) is 6.07 Å². The fraction of sp³-hybridized carbons (Fsp3) is 0.545. The molecule has 1 saturated carbocycles. The first-order valence-electron chi connectivity index (χ1n) is 5.11. The molecule has 1 atom stereocenters. The van der Waals surface area contributed by atoms with Crippen molar-refractivity contribution in [1.82, 2.24) is 4.98 Å². The average molecular weight is 211 g/mol. The standard InChI is InChI=1S/C11H15ClN2/c1-8(9-2-3-9)6-14-11-4-5-13-7-10(11)12/h4-5,7-9H,2-3,6H2,1H3,(H,13,14). The summed E-state index contributed by atoms with van der Waals surface area (Å²) < 4.78 is 0. The molecular formula is C11H15ClN2. The number of nitrogens with one attached hydrogen (secondary N) is 1. The summed E-state index contributed by atoms with van der Waals surface area (Å²) in [6.45, 7) is 3.30. The van der Waals surface area contributed by atoms with E-state index in [0.29, 0.717) is 5.02 Å². The predicted molar refractivity (Wildman–Crippen MR) is 59.6 cm³/mol. The summed E-state index contributed by atoms with van der Waals surface area (Å²) in [6, 6.07) is 1.92. The molecule has 0 aliphatic heterocycles. The second-order valence-electron chi connectivity index (χ2n) is 4.05. The largest absolute Gasteiger partial charge is 0.383 e. The Balaban J connectivity index is 1.87. The van der Waals surface area contributed by atoms with Crippen molar-refractivity contribution in [2.45, 2.75) is 19.8 Å². The van der Waals surface area contributed by atoms with Gasteiger partial charge in [-0.2, -0.15) is 0 Å². The van der Waals surface area contributed by atoms with Crippen LogP contribution < -0.4 is 5.32 Å². The van der Waals surface area contributed by atoms with Crippen molar-refractivity contribution in [3.8, 4) is 0 Å². The van der Waals surface area contributed by atoms with Crippen molar-refractivity contribution in [3.63, 3.8) is 0 Å². The van der Waals surface area contributed by atoms with Crippen molar-refractivity contribution in [2.24, 2.45) is 11.8 Å². The second-order valence-corrected chi connectivity index (χ2v) is 4.46. The third-order valence-electron chi connectivity index (χ3n) is 2.81. The maximum atomic E-state index is 5.98. The zero-order chi connectivity index (χ0) is 9.97. The van der Waals surface area contributed by atoms with Crippen LogP contribution in [0.3, 0.4) is 0 Å². The number of aromatic nitrogens is 1. The molecule has 1 aliphatic rings. The normalized spacial score (nSPS) is 17.9. The van der Waals surface area contributed by atoms with Gasteiger partial charge in [0.1, 0.15) is 0 Å². The fourth-order valence-corrected chi connectivity index (χ4v) is 1.81. The molecule has 0 radical (unpaired) electrons. The monoisotopic (exact) mass is 210 g/mol. The van der Waals surface area contributed by atoms with Crippen LogP contribution in [0.4, 0.5) is 5.69 Å². The van der Waals surface area contributed by atoms with E-state index in [-0.39, 0.29) is 0 Å². The number of halogens is 1. The lowest BCUT2D eigenvalue weighted by molar-refractivity contribution is 0.536. The molecule has 1 aromatic rings. The first-order valence-corrected chi connectivity index (χ1v) is 5.48. The highest BCUT2D eigenvalue weighted by molar-refractivity contribution is 6.33. The van der Waals surface area contributed by atoms with E-state index < -0.39 is 0 Å². The Kier molecular flexibility index (Phi) is 2.92. The molecule has 0 saturated heterocycles. The van der Waals surface area contributed by atoms with Gasteiger partial charge in [-0.05, 0) is 30.7 Å². The zero-order valence-electron chi connectivity index (χ0n) is 8.33. The van der Waals surface area contributed by atoms with Crippen molar-refractivity contribution in [1.29, 1.82) is 0 Å². The van der Waals surface area contributed by atoms with Gasteiger partial charge >= 0.3 is 0 Å². The second kappa shape index (κ2) is 4.18. The van der Waals surface area contributed by atoms with Gasteiger partial charge in [0.25, 0.3) is 0 Å². The van der Waals surface area contributed by atoms with Gasteiger partial charge in [-0.1, -0.05) is 18.5 Å². The first-order chi connectivity index (χ1) is 6.77. The summed E-state index contributed by atoms with van der Waals surface area (Å²) >= 11 is 5.98. The summed E-state index contributed by atoms with van der Waals surface area (Å²) in [5.41, 5.74) is 0.995. The third-order valence-corrected chi connectivity index (χ3v) is 3.11. The number of hydrogen-bond acceptors (Lipinski definition) is 2. The SMILES string of the molecule is CC(CNc1ccncc1Cl)C1CC1. The summed E-state index contributed by atoms with van der Waals surface area (Å²) in [4.78, 5) is 3.95. The Hall–Kier alpha value is -0.760. The van der Waals surface area contributed by atoms with E-state index in [1.54, 1.807) is 12.4 Å². The summed E-state index contributed by atoms with van der Waals surface area (Å²) in [7, 11) is 0. The minimum atomic E-state index is 0.704. The van der Waals surface area contributed by atoms with Gasteiger partial charge in [0.05, 0.1) is 10.7 Å². The summed E-state index contributed by atoms with van der Waals surface area (Å²) in [5.74, 6) is 1.68. The molecule has 1 aliphatic carbocycles. The highest BCUT2D eigenvalue weighted by Crippen LogP contribution is 2.36. The average Bonchev–Trinajstić information content (AvgIpc) is 2.99. The molecule has 0 amide bonds. The van der Waals surface area contributed by atoms with E-state index in [0.717, 1.165) is 24.1 Å². The molecule has 0 spiro atoms. The lowest BCUT2D eigenvalue weighted by atomic mass is 10.1. The Morgan fingerprint density at radius 1 is 1.64 bits per heavy atom. The van der Waals surface area contributed by atoms with Gasteiger partial charge in [0, 0.05) is 18.9 Å². The van der Waals surface area contributed by atoms with Crippen LogP contribution in [0.5, 0.6) is 0 Å². The molecule has 2 nitrogen and oxygen atoms in total. The Morgan fingerprint density at radius 3 is 3.07 bits per heavy atom. The molecule has 14 heavy (non-hydrogen) atoms. The molecule has 0 bridgehead atoms. The van der Waals surface area contributed by atoms with Gasteiger partial charge in [-0.25, -0.2) is 0 Å². The van der Waals surface area contributed by atoms with E-state index >= 15 is 0 Å². The van der Waals surface area contributed by atoms with Crippen LogP contribution in [0.25, 0.3) is 0 Å². The molecule has 2 rings (SSSR count). The third kappa shape index (κ3) is 2.38. The number of hydrogen-bond donors (Lipinski definition) is 1. The molecule has 1 N–H and O–H groups in total. The van der Waals surface area contributed by atoms with Crippen LogP contribution >= 0.6 is 11.6 Å². The van der Waals surface area contributed by atoms with E-state index in [4.69, 9.17) is 11.6 Å². The Morgan fingerprint density at radius 2 is 2.43 bits per heavy atom.